The van der Waals surface area contributed by atoms with Crippen molar-refractivity contribution in [1.82, 2.24) is 4.98 Å². The lowest BCUT2D eigenvalue weighted by molar-refractivity contribution is 0.102. The highest BCUT2D eigenvalue weighted by atomic mass is 16.5. The fourth-order valence-corrected chi connectivity index (χ4v) is 1.66. The van der Waals surface area contributed by atoms with Crippen molar-refractivity contribution in [2.24, 2.45) is 0 Å². The first-order chi connectivity index (χ1) is 9.10. The summed E-state index contributed by atoms with van der Waals surface area (Å²) in [6.45, 7) is 1.84. The van der Waals surface area contributed by atoms with E-state index >= 15 is 0 Å². The third-order valence-electron chi connectivity index (χ3n) is 2.60. The highest BCUT2D eigenvalue weighted by Crippen LogP contribution is 2.26. The molecule has 1 aromatic heterocycles. The van der Waals surface area contributed by atoms with Gasteiger partial charge in [0.05, 0.1) is 7.11 Å². The largest absolute Gasteiger partial charge is 0.504 e. The van der Waals surface area contributed by atoms with E-state index in [0.29, 0.717) is 17.0 Å². The number of phenols is 1. The molecule has 1 heterocycles. The molecule has 0 fully saturated rings. The van der Waals surface area contributed by atoms with E-state index in [1.54, 1.807) is 30.5 Å². The number of anilines is 1. The van der Waals surface area contributed by atoms with Gasteiger partial charge in [0.1, 0.15) is 0 Å². The van der Waals surface area contributed by atoms with Crippen LogP contribution in [0.15, 0.2) is 36.5 Å². The van der Waals surface area contributed by atoms with Crippen LogP contribution in [0, 0.1) is 6.92 Å². The van der Waals surface area contributed by atoms with Gasteiger partial charge in [-0.1, -0.05) is 0 Å². The molecule has 1 aromatic carbocycles. The zero-order chi connectivity index (χ0) is 13.8. The average Bonchev–Trinajstić information content (AvgIpc) is 2.38. The number of nitrogens with one attached hydrogen (secondary N) is 1. The van der Waals surface area contributed by atoms with Gasteiger partial charge >= 0.3 is 0 Å². The second kappa shape index (κ2) is 5.39. The van der Waals surface area contributed by atoms with Gasteiger partial charge in [0.25, 0.3) is 5.91 Å². The summed E-state index contributed by atoms with van der Waals surface area (Å²) in [5.74, 6) is -0.0408. The van der Waals surface area contributed by atoms with Crippen LogP contribution < -0.4 is 10.1 Å². The molecule has 1 amide bonds. The second-order valence-electron chi connectivity index (χ2n) is 4.03. The highest BCUT2D eigenvalue weighted by Gasteiger charge is 2.09. The SMILES string of the molecule is COc1ccc(C(=O)Nc2ccnc(C)c2)cc1O. The monoisotopic (exact) mass is 258 g/mol. The van der Waals surface area contributed by atoms with Crippen molar-refractivity contribution in [2.75, 3.05) is 12.4 Å². The second-order valence-corrected chi connectivity index (χ2v) is 4.03. The first kappa shape index (κ1) is 12.9. The summed E-state index contributed by atoms with van der Waals surface area (Å²) in [6, 6.07) is 7.96. The first-order valence-corrected chi connectivity index (χ1v) is 5.71. The van der Waals surface area contributed by atoms with Crippen molar-refractivity contribution in [2.45, 2.75) is 6.92 Å². The Morgan fingerprint density at radius 1 is 1.32 bits per heavy atom. The van der Waals surface area contributed by atoms with Crippen LogP contribution in [0.3, 0.4) is 0 Å². The third kappa shape index (κ3) is 3.01. The molecule has 0 bridgehead atoms. The summed E-state index contributed by atoms with van der Waals surface area (Å²) >= 11 is 0. The van der Waals surface area contributed by atoms with Gasteiger partial charge in [-0.2, -0.15) is 0 Å². The number of aryl methyl sites for hydroxylation is 1. The Morgan fingerprint density at radius 3 is 2.74 bits per heavy atom. The molecule has 0 saturated heterocycles. The maximum atomic E-state index is 12.0. The lowest BCUT2D eigenvalue weighted by atomic mass is 10.2. The number of pyridine rings is 1. The fourth-order valence-electron chi connectivity index (χ4n) is 1.66. The van der Waals surface area contributed by atoms with Crippen LogP contribution in [0.5, 0.6) is 11.5 Å². The number of phenolic OH excluding ortho intramolecular Hbond substituents is 1. The van der Waals surface area contributed by atoms with Gasteiger partial charge in [-0.05, 0) is 37.3 Å². The molecule has 2 rings (SSSR count). The number of methoxy groups -OCH3 is 1. The summed E-state index contributed by atoms with van der Waals surface area (Å²) in [6.07, 6.45) is 1.62. The average molecular weight is 258 g/mol. The van der Waals surface area contributed by atoms with Crippen LogP contribution in [-0.4, -0.2) is 23.1 Å². The number of carbonyl (C=O) groups is 1. The molecular weight excluding hydrogens is 244 g/mol. The molecule has 2 aromatic rings. The number of carbonyl (C=O) groups excluding carboxylic acids is 1. The molecule has 5 nitrogen and oxygen atoms in total. The first-order valence-electron chi connectivity index (χ1n) is 5.71. The molecule has 0 aliphatic carbocycles. The molecule has 0 unspecified atom stereocenters. The molecule has 0 aliphatic rings. The molecule has 2 N–H and O–H groups in total. The lowest BCUT2D eigenvalue weighted by Gasteiger charge is -2.08. The minimum absolute atomic E-state index is 0.0685. The number of aromatic hydroxyl groups is 1. The van der Waals surface area contributed by atoms with Crippen LogP contribution in [0.25, 0.3) is 0 Å². The lowest BCUT2D eigenvalue weighted by Crippen LogP contribution is -2.12. The number of aromatic nitrogens is 1. The number of amides is 1. The summed E-state index contributed by atoms with van der Waals surface area (Å²) < 4.78 is 4.92. The Bertz CT molecular complexity index is 611. The summed E-state index contributed by atoms with van der Waals surface area (Å²) in [5.41, 5.74) is 1.83. The van der Waals surface area contributed by atoms with Crippen molar-refractivity contribution in [3.63, 3.8) is 0 Å². The summed E-state index contributed by atoms with van der Waals surface area (Å²) in [4.78, 5) is 16.0. The normalized spacial score (nSPS) is 10.0. The van der Waals surface area contributed by atoms with Crippen molar-refractivity contribution in [3.8, 4) is 11.5 Å². The Labute approximate surface area is 110 Å². The van der Waals surface area contributed by atoms with E-state index in [-0.39, 0.29) is 11.7 Å². The molecule has 19 heavy (non-hydrogen) atoms. The van der Waals surface area contributed by atoms with Crippen molar-refractivity contribution >= 4 is 11.6 Å². The van der Waals surface area contributed by atoms with E-state index in [0.717, 1.165) is 5.69 Å². The van der Waals surface area contributed by atoms with E-state index in [1.165, 1.54) is 13.2 Å². The van der Waals surface area contributed by atoms with Gasteiger partial charge in [-0.15, -0.1) is 0 Å². The number of hydrogen-bond acceptors (Lipinski definition) is 4. The predicted octanol–water partition coefficient (Wildman–Crippen LogP) is 2.36. The van der Waals surface area contributed by atoms with Gasteiger partial charge < -0.3 is 15.2 Å². The number of nitrogens with zero attached hydrogens (tertiary/aromatic N) is 1. The van der Waals surface area contributed by atoms with Crippen molar-refractivity contribution in [3.05, 3.63) is 47.8 Å². The number of ether oxygens (including phenoxy) is 1. The van der Waals surface area contributed by atoms with Gasteiger partial charge in [0, 0.05) is 23.1 Å². The van der Waals surface area contributed by atoms with Crippen LogP contribution in [0.1, 0.15) is 16.1 Å². The topological polar surface area (TPSA) is 71.5 Å². The fraction of sp³-hybridized carbons (Fsp3) is 0.143. The van der Waals surface area contributed by atoms with E-state index in [9.17, 15) is 9.90 Å². The van der Waals surface area contributed by atoms with Crippen LogP contribution in [0.2, 0.25) is 0 Å². The predicted molar refractivity (Wildman–Crippen MR) is 71.6 cm³/mol. The number of hydrogen-bond donors (Lipinski definition) is 2. The molecule has 0 radical (unpaired) electrons. The third-order valence-corrected chi connectivity index (χ3v) is 2.60. The number of benzene rings is 1. The maximum Gasteiger partial charge on any atom is 0.255 e. The smallest absolute Gasteiger partial charge is 0.255 e. The molecule has 98 valence electrons. The Hall–Kier alpha value is -2.56. The molecule has 0 spiro atoms. The molecule has 0 saturated carbocycles. The maximum absolute atomic E-state index is 12.0. The van der Waals surface area contributed by atoms with Crippen LogP contribution in [0.4, 0.5) is 5.69 Å². The molecule has 5 heteroatoms. The van der Waals surface area contributed by atoms with Gasteiger partial charge in [0.15, 0.2) is 11.5 Å². The van der Waals surface area contributed by atoms with Crippen molar-refractivity contribution < 1.29 is 14.6 Å². The van der Waals surface area contributed by atoms with Crippen LogP contribution >= 0.6 is 0 Å². The zero-order valence-electron chi connectivity index (χ0n) is 10.7. The minimum Gasteiger partial charge on any atom is -0.504 e. The Kier molecular flexibility index (Phi) is 3.66. The number of rotatable bonds is 3. The molecule has 0 atom stereocenters. The van der Waals surface area contributed by atoms with E-state index < -0.39 is 0 Å². The molecular formula is C14H14N2O3. The quantitative estimate of drug-likeness (QED) is 0.886. The highest BCUT2D eigenvalue weighted by molar-refractivity contribution is 6.04. The van der Waals surface area contributed by atoms with Crippen molar-refractivity contribution in [1.29, 1.82) is 0 Å². The standard InChI is InChI=1S/C14H14N2O3/c1-9-7-11(5-6-15-9)16-14(18)10-3-4-13(19-2)12(17)8-10/h3-8,17H,1-2H3,(H,15,16,18). The van der Waals surface area contributed by atoms with E-state index in [2.05, 4.69) is 10.3 Å². The zero-order valence-corrected chi connectivity index (χ0v) is 10.7. The minimum atomic E-state index is -0.302. The Balaban J connectivity index is 2.18. The van der Waals surface area contributed by atoms with Gasteiger partial charge in [0.2, 0.25) is 0 Å². The summed E-state index contributed by atoms with van der Waals surface area (Å²) in [7, 11) is 1.45. The van der Waals surface area contributed by atoms with Gasteiger partial charge in [-0.25, -0.2) is 0 Å². The Morgan fingerprint density at radius 2 is 2.11 bits per heavy atom. The van der Waals surface area contributed by atoms with E-state index in [1.807, 2.05) is 6.92 Å². The van der Waals surface area contributed by atoms with E-state index in [4.69, 9.17) is 4.74 Å². The molecule has 0 aliphatic heterocycles. The van der Waals surface area contributed by atoms with Gasteiger partial charge in [-0.3, -0.25) is 9.78 Å². The summed E-state index contributed by atoms with van der Waals surface area (Å²) in [5, 5.41) is 12.4. The van der Waals surface area contributed by atoms with Crippen LogP contribution in [-0.2, 0) is 0 Å².